The fourth-order valence-corrected chi connectivity index (χ4v) is 8.09. The van der Waals surface area contributed by atoms with E-state index < -0.39 is 35.5 Å². The fourth-order valence-electron chi connectivity index (χ4n) is 8.09. The van der Waals surface area contributed by atoms with Crippen LogP contribution in [-0.2, 0) is 19.1 Å². The molecule has 0 bridgehead atoms. The summed E-state index contributed by atoms with van der Waals surface area (Å²) in [6.07, 6.45) is 5.49. The third-order valence-electron chi connectivity index (χ3n) is 10.1. The zero-order chi connectivity index (χ0) is 24.9. The van der Waals surface area contributed by atoms with E-state index in [9.17, 15) is 24.6 Å². The number of aliphatic hydroxyl groups excluding tert-OH is 1. The zero-order valence-corrected chi connectivity index (χ0v) is 21.1. The number of hydrogen-bond donors (Lipinski definition) is 2. The van der Waals surface area contributed by atoms with Gasteiger partial charge in [0.15, 0.2) is 12.4 Å². The lowest BCUT2D eigenvalue weighted by Gasteiger charge is -2.60. The minimum absolute atomic E-state index is 0.0306. The van der Waals surface area contributed by atoms with Crippen molar-refractivity contribution in [1.82, 2.24) is 4.90 Å². The number of fused-ring (bicyclic) bond motifs is 5. The first-order valence-corrected chi connectivity index (χ1v) is 13.1. The number of likely N-dealkylation sites (N-methyl/N-ethyl adjacent to an activating group) is 1. The lowest BCUT2D eigenvalue weighted by Crippen LogP contribution is -2.62. The maximum Gasteiger partial charge on any atom is 0.320 e. The molecule has 3 saturated carbocycles. The first kappa shape index (κ1) is 25.5. The van der Waals surface area contributed by atoms with Crippen LogP contribution in [0.25, 0.3) is 0 Å². The summed E-state index contributed by atoms with van der Waals surface area (Å²) in [7, 11) is 0. The second-order valence-corrected chi connectivity index (χ2v) is 11.5. The number of ketones is 2. The minimum atomic E-state index is -1.61. The summed E-state index contributed by atoms with van der Waals surface area (Å²) in [4.78, 5) is 39.5. The van der Waals surface area contributed by atoms with E-state index in [4.69, 9.17) is 4.74 Å². The number of carbonyl (C=O) groups excluding carboxylic acids is 3. The third kappa shape index (κ3) is 3.88. The highest BCUT2D eigenvalue weighted by atomic mass is 16.5. The van der Waals surface area contributed by atoms with Crippen LogP contribution < -0.4 is 0 Å². The van der Waals surface area contributed by atoms with Crippen molar-refractivity contribution >= 4 is 17.5 Å². The Hall–Kier alpha value is -1.57. The molecule has 7 nitrogen and oxygen atoms in total. The Morgan fingerprint density at radius 3 is 2.53 bits per heavy atom. The highest BCUT2D eigenvalue weighted by molar-refractivity contribution is 5.92. The van der Waals surface area contributed by atoms with E-state index in [1.807, 2.05) is 25.7 Å². The molecule has 0 aromatic heterocycles. The standard InChI is InChI=1S/C27H41NO6/c1-5-28(6-2)15-23(32)34-16-22(31)27(33)12-10-20-19-8-7-17-13-18(29)9-11-25(17,3)24(19)21(30)14-26(20,27)4/h13,19-21,24,30,33H,5-12,14-16H2,1-4H3/t19-,20-,21-,24+,25-,26-,27-/m0/s1. The van der Waals surface area contributed by atoms with Gasteiger partial charge >= 0.3 is 5.97 Å². The lowest BCUT2D eigenvalue weighted by atomic mass is 9.45. The third-order valence-corrected chi connectivity index (χ3v) is 10.1. The van der Waals surface area contributed by atoms with Crippen molar-refractivity contribution < 1.29 is 29.3 Å². The molecule has 7 heteroatoms. The van der Waals surface area contributed by atoms with Gasteiger partial charge < -0.3 is 14.9 Å². The van der Waals surface area contributed by atoms with Gasteiger partial charge in [-0.15, -0.1) is 0 Å². The van der Waals surface area contributed by atoms with Crippen LogP contribution in [0.5, 0.6) is 0 Å². The van der Waals surface area contributed by atoms with Crippen molar-refractivity contribution in [3.8, 4) is 0 Å². The second-order valence-electron chi connectivity index (χ2n) is 11.5. The maximum absolute atomic E-state index is 13.3. The molecule has 0 aromatic rings. The first-order chi connectivity index (χ1) is 16.0. The smallest absolute Gasteiger partial charge is 0.320 e. The van der Waals surface area contributed by atoms with Crippen molar-refractivity contribution in [2.45, 2.75) is 84.3 Å². The van der Waals surface area contributed by atoms with Crippen LogP contribution in [-0.4, -0.2) is 70.6 Å². The highest BCUT2D eigenvalue weighted by Gasteiger charge is 2.68. The quantitative estimate of drug-likeness (QED) is 0.546. The lowest BCUT2D eigenvalue weighted by molar-refractivity contribution is -0.184. The topological polar surface area (TPSA) is 104 Å². The molecule has 0 aliphatic heterocycles. The number of rotatable bonds is 7. The molecular formula is C27H41NO6. The van der Waals surface area contributed by atoms with Gasteiger partial charge in [-0.3, -0.25) is 19.3 Å². The van der Waals surface area contributed by atoms with E-state index in [0.29, 0.717) is 38.8 Å². The van der Waals surface area contributed by atoms with E-state index >= 15 is 0 Å². The minimum Gasteiger partial charge on any atom is -0.457 e. The molecule has 34 heavy (non-hydrogen) atoms. The Morgan fingerprint density at radius 1 is 1.15 bits per heavy atom. The van der Waals surface area contributed by atoms with E-state index in [1.165, 1.54) is 0 Å². The van der Waals surface area contributed by atoms with Crippen LogP contribution in [0.15, 0.2) is 11.6 Å². The molecule has 0 aromatic carbocycles. The highest BCUT2D eigenvalue weighted by Crippen LogP contribution is 2.67. The van der Waals surface area contributed by atoms with Gasteiger partial charge in [0.2, 0.25) is 5.78 Å². The number of aliphatic hydroxyl groups is 2. The van der Waals surface area contributed by atoms with Crippen molar-refractivity contribution in [3.63, 3.8) is 0 Å². The summed E-state index contributed by atoms with van der Waals surface area (Å²) in [5, 5.41) is 23.2. The van der Waals surface area contributed by atoms with Gasteiger partial charge in [-0.25, -0.2) is 0 Å². The predicted molar refractivity (Wildman–Crippen MR) is 127 cm³/mol. The van der Waals surface area contributed by atoms with Gasteiger partial charge in [-0.2, -0.15) is 0 Å². The largest absolute Gasteiger partial charge is 0.457 e. The molecule has 0 spiro atoms. The van der Waals surface area contributed by atoms with Crippen molar-refractivity contribution in [1.29, 1.82) is 0 Å². The molecule has 0 heterocycles. The number of hydrogen-bond acceptors (Lipinski definition) is 7. The Labute approximate surface area is 202 Å². The molecule has 0 unspecified atom stereocenters. The maximum atomic E-state index is 13.3. The van der Waals surface area contributed by atoms with Crippen LogP contribution in [0, 0.1) is 28.6 Å². The summed E-state index contributed by atoms with van der Waals surface area (Å²) in [5.74, 6) is -0.411. The molecule has 3 fully saturated rings. The number of carbonyl (C=O) groups is 3. The molecule has 0 radical (unpaired) electrons. The molecule has 190 valence electrons. The summed E-state index contributed by atoms with van der Waals surface area (Å²) in [6, 6.07) is 0. The van der Waals surface area contributed by atoms with Crippen molar-refractivity contribution in [2.75, 3.05) is 26.2 Å². The molecule has 7 atom stereocenters. The average molecular weight is 476 g/mol. The summed E-state index contributed by atoms with van der Waals surface area (Å²) in [5.41, 5.74) is -1.42. The van der Waals surface area contributed by atoms with Gasteiger partial charge in [0.25, 0.3) is 0 Å². The second kappa shape index (κ2) is 9.14. The van der Waals surface area contributed by atoms with Gasteiger partial charge in [0, 0.05) is 11.8 Å². The van der Waals surface area contributed by atoms with Gasteiger partial charge in [-0.1, -0.05) is 33.3 Å². The number of ether oxygens (including phenoxy) is 1. The summed E-state index contributed by atoms with van der Waals surface area (Å²) in [6.45, 7) is 9.17. The van der Waals surface area contributed by atoms with Gasteiger partial charge in [-0.05, 0) is 80.9 Å². The van der Waals surface area contributed by atoms with Crippen LogP contribution in [0.3, 0.4) is 0 Å². The Bertz CT molecular complexity index is 880. The van der Waals surface area contributed by atoms with Crippen LogP contribution >= 0.6 is 0 Å². The molecule has 4 aliphatic carbocycles. The molecule has 4 aliphatic rings. The Kier molecular flexibility index (Phi) is 6.86. The Balaban J connectivity index is 1.51. The molecule has 2 N–H and O–H groups in total. The first-order valence-electron chi connectivity index (χ1n) is 13.1. The van der Waals surface area contributed by atoms with E-state index in [0.717, 1.165) is 24.8 Å². The summed E-state index contributed by atoms with van der Waals surface area (Å²) < 4.78 is 5.28. The monoisotopic (exact) mass is 475 g/mol. The van der Waals surface area contributed by atoms with E-state index in [-0.39, 0.29) is 35.5 Å². The van der Waals surface area contributed by atoms with Crippen molar-refractivity contribution in [3.05, 3.63) is 11.6 Å². The predicted octanol–water partition coefficient (Wildman–Crippen LogP) is 2.67. The molecule has 0 amide bonds. The molecule has 0 saturated heterocycles. The van der Waals surface area contributed by atoms with E-state index in [1.54, 1.807) is 6.08 Å². The fraction of sp³-hybridized carbons (Fsp3) is 0.815. The zero-order valence-electron chi connectivity index (χ0n) is 21.1. The van der Waals surface area contributed by atoms with Crippen molar-refractivity contribution in [2.24, 2.45) is 28.6 Å². The summed E-state index contributed by atoms with van der Waals surface area (Å²) >= 11 is 0. The molecular weight excluding hydrogens is 434 g/mol. The SMILES string of the molecule is CCN(CC)CC(=O)OCC(=O)[C@@]1(O)CC[C@H]2[C@@H]3CCC4=CC(=O)CC[C@]4(C)[C@H]3[C@@H](O)C[C@@]21C. The number of Topliss-reactive ketones (excluding diaryl/α,β-unsaturated/α-hetero) is 1. The van der Waals surface area contributed by atoms with Gasteiger partial charge in [0.1, 0.15) is 5.60 Å². The number of nitrogens with zero attached hydrogens (tertiary/aromatic N) is 1. The van der Waals surface area contributed by atoms with Gasteiger partial charge in [0.05, 0.1) is 12.6 Å². The van der Waals surface area contributed by atoms with E-state index in [2.05, 4.69) is 6.92 Å². The molecule has 4 rings (SSSR count). The number of allylic oxidation sites excluding steroid dienone is 1. The number of esters is 1. The Morgan fingerprint density at radius 2 is 1.85 bits per heavy atom. The van der Waals surface area contributed by atoms with Crippen LogP contribution in [0.1, 0.15) is 72.6 Å². The average Bonchev–Trinajstić information content (AvgIpc) is 3.07. The van der Waals surface area contributed by atoms with Crippen LogP contribution in [0.4, 0.5) is 0 Å². The van der Waals surface area contributed by atoms with Crippen LogP contribution in [0.2, 0.25) is 0 Å². The normalized spacial score (nSPS) is 41.4.